The van der Waals surface area contributed by atoms with Crippen LogP contribution in [-0.4, -0.2) is 25.3 Å². The lowest BCUT2D eigenvalue weighted by Crippen LogP contribution is -2.61. The van der Waals surface area contributed by atoms with Gasteiger partial charge in [-0.1, -0.05) is 46.5 Å². The van der Waals surface area contributed by atoms with E-state index in [0.29, 0.717) is 23.7 Å². The Balaban J connectivity index is 2.26. The third-order valence-electron chi connectivity index (χ3n) is 4.95. The predicted molar refractivity (Wildman–Crippen MR) is 79.0 cm³/mol. The van der Waals surface area contributed by atoms with E-state index in [1.165, 1.54) is 44.9 Å². The van der Waals surface area contributed by atoms with Gasteiger partial charge in [-0.05, 0) is 33.2 Å². The lowest BCUT2D eigenvalue weighted by atomic mass is 9.61. The van der Waals surface area contributed by atoms with Crippen molar-refractivity contribution in [2.45, 2.75) is 90.9 Å². The summed E-state index contributed by atoms with van der Waals surface area (Å²) in [5.41, 5.74) is 0.340. The minimum Gasteiger partial charge on any atom is -0.375 e. The molecule has 0 aliphatic heterocycles. The van der Waals surface area contributed by atoms with Crippen LogP contribution in [0.1, 0.15) is 72.6 Å². The van der Waals surface area contributed by atoms with Crippen LogP contribution in [-0.2, 0) is 4.74 Å². The van der Waals surface area contributed by atoms with Gasteiger partial charge in [0.1, 0.15) is 0 Å². The highest BCUT2D eigenvalue weighted by Gasteiger charge is 2.50. The summed E-state index contributed by atoms with van der Waals surface area (Å²) >= 11 is 0. The van der Waals surface area contributed by atoms with Gasteiger partial charge in [0, 0.05) is 11.5 Å². The van der Waals surface area contributed by atoms with Crippen LogP contribution < -0.4 is 5.32 Å². The van der Waals surface area contributed by atoms with Gasteiger partial charge < -0.3 is 10.1 Å². The Morgan fingerprint density at radius 1 is 1.28 bits per heavy atom. The van der Waals surface area contributed by atoms with Gasteiger partial charge >= 0.3 is 0 Å². The van der Waals surface area contributed by atoms with Crippen molar-refractivity contribution in [3.05, 3.63) is 0 Å². The maximum Gasteiger partial charge on any atom is 0.0662 e. The minimum atomic E-state index is 0.340. The van der Waals surface area contributed by atoms with Crippen LogP contribution in [0.4, 0.5) is 0 Å². The summed E-state index contributed by atoms with van der Waals surface area (Å²) in [7, 11) is 2.07. The molecule has 0 aromatic carbocycles. The van der Waals surface area contributed by atoms with E-state index in [0.717, 1.165) is 0 Å². The van der Waals surface area contributed by atoms with E-state index in [-0.39, 0.29) is 0 Å². The van der Waals surface area contributed by atoms with E-state index in [2.05, 4.69) is 40.1 Å². The van der Waals surface area contributed by atoms with Crippen molar-refractivity contribution < 1.29 is 4.74 Å². The van der Waals surface area contributed by atoms with Gasteiger partial charge in [-0.2, -0.15) is 0 Å². The quantitative estimate of drug-likeness (QED) is 0.625. The van der Waals surface area contributed by atoms with E-state index in [1.807, 2.05) is 0 Å². The van der Waals surface area contributed by atoms with Gasteiger partial charge in [-0.15, -0.1) is 0 Å². The third-order valence-corrected chi connectivity index (χ3v) is 4.95. The molecule has 4 unspecified atom stereocenters. The summed E-state index contributed by atoms with van der Waals surface area (Å²) < 4.78 is 6.27. The molecule has 0 bridgehead atoms. The van der Waals surface area contributed by atoms with Crippen LogP contribution in [0, 0.1) is 5.41 Å². The molecule has 0 amide bonds. The molecule has 2 heteroatoms. The van der Waals surface area contributed by atoms with Crippen LogP contribution in [0.2, 0.25) is 0 Å². The van der Waals surface area contributed by atoms with E-state index in [4.69, 9.17) is 4.74 Å². The Kier molecular flexibility index (Phi) is 6.65. The van der Waals surface area contributed by atoms with E-state index in [1.54, 1.807) is 0 Å². The second-order valence-corrected chi connectivity index (χ2v) is 6.22. The number of ether oxygens (including phenoxy) is 1. The first-order valence-electron chi connectivity index (χ1n) is 7.91. The Morgan fingerprint density at radius 2 is 2.00 bits per heavy atom. The van der Waals surface area contributed by atoms with Crippen LogP contribution in [0.15, 0.2) is 0 Å². The first kappa shape index (κ1) is 16.0. The fourth-order valence-electron chi connectivity index (χ4n) is 3.16. The third kappa shape index (κ3) is 3.71. The average Bonchev–Trinajstić information content (AvgIpc) is 2.38. The van der Waals surface area contributed by atoms with Crippen LogP contribution in [0.5, 0.6) is 0 Å². The molecule has 0 radical (unpaired) electrons. The molecule has 108 valence electrons. The van der Waals surface area contributed by atoms with E-state index < -0.39 is 0 Å². The van der Waals surface area contributed by atoms with Crippen LogP contribution >= 0.6 is 0 Å². The molecular formula is C16H33NO. The SMILES string of the molecule is CCCCCCC(C)OC1CC(NC)C1(C)CC. The zero-order valence-corrected chi connectivity index (χ0v) is 13.1. The fraction of sp³-hybridized carbons (Fsp3) is 1.00. The molecule has 0 aromatic heterocycles. The minimum absolute atomic E-state index is 0.340. The Labute approximate surface area is 114 Å². The lowest BCUT2D eigenvalue weighted by Gasteiger charge is -2.54. The monoisotopic (exact) mass is 255 g/mol. The molecule has 2 nitrogen and oxygen atoms in total. The summed E-state index contributed by atoms with van der Waals surface area (Å²) in [4.78, 5) is 0. The largest absolute Gasteiger partial charge is 0.375 e. The van der Waals surface area contributed by atoms with Gasteiger partial charge in [0.15, 0.2) is 0 Å². The number of rotatable bonds is 9. The molecule has 4 atom stereocenters. The molecule has 1 saturated carbocycles. The Hall–Kier alpha value is -0.0800. The number of unbranched alkanes of at least 4 members (excludes halogenated alkanes) is 3. The Bertz CT molecular complexity index is 231. The predicted octanol–water partition coefficient (Wildman–Crippen LogP) is 4.14. The van der Waals surface area contributed by atoms with Crippen LogP contribution in [0.25, 0.3) is 0 Å². The molecule has 0 heterocycles. The van der Waals surface area contributed by atoms with Gasteiger partial charge in [-0.25, -0.2) is 0 Å². The van der Waals surface area contributed by atoms with Gasteiger partial charge in [0.2, 0.25) is 0 Å². The topological polar surface area (TPSA) is 21.3 Å². The van der Waals surface area contributed by atoms with Crippen molar-refractivity contribution in [1.29, 1.82) is 0 Å². The molecule has 0 spiro atoms. The lowest BCUT2D eigenvalue weighted by molar-refractivity contribution is -0.153. The maximum atomic E-state index is 6.27. The molecule has 18 heavy (non-hydrogen) atoms. The average molecular weight is 255 g/mol. The second kappa shape index (κ2) is 7.49. The van der Waals surface area contributed by atoms with E-state index >= 15 is 0 Å². The number of hydrogen-bond acceptors (Lipinski definition) is 2. The normalized spacial score (nSPS) is 33.2. The summed E-state index contributed by atoms with van der Waals surface area (Å²) in [6.45, 7) is 9.16. The number of nitrogens with one attached hydrogen (secondary N) is 1. The highest BCUT2D eigenvalue weighted by Crippen LogP contribution is 2.46. The van der Waals surface area contributed by atoms with Crippen molar-refractivity contribution in [2.24, 2.45) is 5.41 Å². The van der Waals surface area contributed by atoms with Crippen LogP contribution in [0.3, 0.4) is 0 Å². The van der Waals surface area contributed by atoms with E-state index in [9.17, 15) is 0 Å². The molecule has 0 saturated heterocycles. The zero-order chi connectivity index (χ0) is 13.6. The molecule has 0 aromatic rings. The zero-order valence-electron chi connectivity index (χ0n) is 13.1. The highest BCUT2D eigenvalue weighted by atomic mass is 16.5. The molecule has 1 N–H and O–H groups in total. The second-order valence-electron chi connectivity index (χ2n) is 6.22. The number of hydrogen-bond donors (Lipinski definition) is 1. The maximum absolute atomic E-state index is 6.27. The molecule has 1 aliphatic rings. The fourth-order valence-corrected chi connectivity index (χ4v) is 3.16. The van der Waals surface area contributed by atoms with Gasteiger partial charge in [0.25, 0.3) is 0 Å². The van der Waals surface area contributed by atoms with Crippen molar-refractivity contribution >= 4 is 0 Å². The molecule has 1 rings (SSSR count). The Morgan fingerprint density at radius 3 is 2.56 bits per heavy atom. The van der Waals surface area contributed by atoms with Crippen molar-refractivity contribution in [2.75, 3.05) is 7.05 Å². The molecule has 1 fully saturated rings. The smallest absolute Gasteiger partial charge is 0.0662 e. The van der Waals surface area contributed by atoms with Gasteiger partial charge in [-0.3, -0.25) is 0 Å². The van der Waals surface area contributed by atoms with Gasteiger partial charge in [0.05, 0.1) is 12.2 Å². The first-order valence-corrected chi connectivity index (χ1v) is 7.91. The molecular weight excluding hydrogens is 222 g/mol. The summed E-state index contributed by atoms with van der Waals surface area (Å²) in [6.07, 6.45) is 9.85. The standard InChI is InChI=1S/C16H33NO/c1-6-8-9-10-11-13(3)18-15-12-14(17-5)16(15,4)7-2/h13-15,17H,6-12H2,1-5H3. The van der Waals surface area contributed by atoms with Crippen molar-refractivity contribution in [3.8, 4) is 0 Å². The van der Waals surface area contributed by atoms with Crippen molar-refractivity contribution in [3.63, 3.8) is 0 Å². The molecule has 1 aliphatic carbocycles. The van der Waals surface area contributed by atoms with Crippen molar-refractivity contribution in [1.82, 2.24) is 5.32 Å². The summed E-state index contributed by atoms with van der Waals surface area (Å²) in [6, 6.07) is 0.639. The first-order chi connectivity index (χ1) is 8.58. The summed E-state index contributed by atoms with van der Waals surface area (Å²) in [5, 5.41) is 3.43. The highest BCUT2D eigenvalue weighted by molar-refractivity contribution is 5.04. The summed E-state index contributed by atoms with van der Waals surface area (Å²) in [5.74, 6) is 0.